The first-order valence-electron chi connectivity index (χ1n) is 10.8. The van der Waals surface area contributed by atoms with Crippen LogP contribution in [0.4, 0.5) is 11.4 Å². The molecule has 0 atom stereocenters. The van der Waals surface area contributed by atoms with Crippen molar-refractivity contribution in [2.75, 3.05) is 10.0 Å². The number of anilines is 2. The number of benzene rings is 3. The van der Waals surface area contributed by atoms with Crippen molar-refractivity contribution in [3.05, 3.63) is 101 Å². The van der Waals surface area contributed by atoms with Gasteiger partial charge in [0.15, 0.2) is 0 Å². The van der Waals surface area contributed by atoms with Gasteiger partial charge < -0.3 is 10.1 Å². The highest BCUT2D eigenvalue weighted by atomic mass is 32.2. The van der Waals surface area contributed by atoms with Crippen LogP contribution in [0.3, 0.4) is 0 Å². The molecule has 0 aliphatic heterocycles. The van der Waals surface area contributed by atoms with Gasteiger partial charge >= 0.3 is 6.01 Å². The molecular formula is C26H24N4O4S. The summed E-state index contributed by atoms with van der Waals surface area (Å²) in [5, 5.41) is 2.85. The Labute approximate surface area is 204 Å². The highest BCUT2D eigenvalue weighted by Crippen LogP contribution is 2.26. The Morgan fingerprint density at radius 3 is 2.34 bits per heavy atom. The first kappa shape index (κ1) is 23.9. The number of aryl methyl sites for hydroxylation is 3. The third-order valence-corrected chi connectivity index (χ3v) is 6.61. The SMILES string of the molecule is Cc1cccc(NS(=O)(=O)c2ccc(C)c(C(=O)Nc3ccc(Oc4ncccn4)cc3C)c2)c1. The Morgan fingerprint density at radius 2 is 1.63 bits per heavy atom. The van der Waals surface area contributed by atoms with Crippen LogP contribution in [0.15, 0.2) is 84.0 Å². The lowest BCUT2D eigenvalue weighted by Crippen LogP contribution is -2.17. The summed E-state index contributed by atoms with van der Waals surface area (Å²) in [7, 11) is -3.88. The number of hydrogen-bond donors (Lipinski definition) is 2. The van der Waals surface area contributed by atoms with Crippen molar-refractivity contribution in [2.45, 2.75) is 25.7 Å². The molecule has 1 aromatic heterocycles. The topological polar surface area (TPSA) is 110 Å². The average molecular weight is 489 g/mol. The molecule has 2 N–H and O–H groups in total. The van der Waals surface area contributed by atoms with Gasteiger partial charge in [-0.15, -0.1) is 0 Å². The molecule has 0 aliphatic rings. The summed E-state index contributed by atoms with van der Waals surface area (Å²) >= 11 is 0. The summed E-state index contributed by atoms with van der Waals surface area (Å²) in [5.41, 5.74) is 3.62. The van der Waals surface area contributed by atoms with Crippen LogP contribution in [-0.4, -0.2) is 24.3 Å². The van der Waals surface area contributed by atoms with E-state index in [4.69, 9.17) is 4.74 Å². The van der Waals surface area contributed by atoms with Crippen LogP contribution in [0, 0.1) is 20.8 Å². The molecule has 0 saturated heterocycles. The van der Waals surface area contributed by atoms with Gasteiger partial charge in [-0.25, -0.2) is 18.4 Å². The second-order valence-electron chi connectivity index (χ2n) is 8.02. The number of aromatic nitrogens is 2. The summed E-state index contributed by atoms with van der Waals surface area (Å²) in [5.74, 6) is 0.108. The quantitative estimate of drug-likeness (QED) is 0.368. The van der Waals surface area contributed by atoms with E-state index in [9.17, 15) is 13.2 Å². The van der Waals surface area contributed by atoms with E-state index < -0.39 is 15.9 Å². The lowest BCUT2D eigenvalue weighted by atomic mass is 10.1. The highest BCUT2D eigenvalue weighted by molar-refractivity contribution is 7.92. The summed E-state index contributed by atoms with van der Waals surface area (Å²) in [4.78, 5) is 21.1. The standard InChI is InChI=1S/C26H24N4O4S/c1-17-6-4-7-20(14-17)30-35(32,33)22-10-8-18(2)23(16-22)25(31)29-24-11-9-21(15-19(24)3)34-26-27-12-5-13-28-26/h4-16,30H,1-3H3,(H,29,31). The maximum absolute atomic E-state index is 13.1. The lowest BCUT2D eigenvalue weighted by molar-refractivity contribution is 0.102. The predicted octanol–water partition coefficient (Wildman–Crippen LogP) is 5.25. The van der Waals surface area contributed by atoms with Crippen molar-refractivity contribution < 1.29 is 17.9 Å². The van der Waals surface area contributed by atoms with E-state index in [1.165, 1.54) is 12.1 Å². The van der Waals surface area contributed by atoms with Crippen molar-refractivity contribution in [2.24, 2.45) is 0 Å². The Morgan fingerprint density at radius 1 is 0.857 bits per heavy atom. The van der Waals surface area contributed by atoms with Gasteiger partial charge in [-0.3, -0.25) is 9.52 Å². The van der Waals surface area contributed by atoms with Gasteiger partial charge in [0, 0.05) is 29.3 Å². The summed E-state index contributed by atoms with van der Waals surface area (Å²) in [6.07, 6.45) is 3.16. The molecule has 8 nitrogen and oxygen atoms in total. The number of carbonyl (C=O) groups is 1. The smallest absolute Gasteiger partial charge is 0.321 e. The van der Waals surface area contributed by atoms with Gasteiger partial charge in [0.25, 0.3) is 15.9 Å². The maximum Gasteiger partial charge on any atom is 0.321 e. The zero-order chi connectivity index (χ0) is 25.0. The van der Waals surface area contributed by atoms with Crippen molar-refractivity contribution in [1.82, 2.24) is 9.97 Å². The molecule has 0 fully saturated rings. The van der Waals surface area contributed by atoms with Gasteiger partial charge in [0.1, 0.15) is 5.75 Å². The Bertz CT molecular complexity index is 1490. The zero-order valence-electron chi connectivity index (χ0n) is 19.4. The molecule has 3 aromatic carbocycles. The molecular weight excluding hydrogens is 464 g/mol. The summed E-state index contributed by atoms with van der Waals surface area (Å²) < 4.78 is 34.1. The molecule has 0 unspecified atom stereocenters. The van der Waals surface area contributed by atoms with Gasteiger partial charge in [-0.05, 0) is 86.0 Å². The molecule has 9 heteroatoms. The number of carbonyl (C=O) groups excluding carboxylic acids is 1. The van der Waals surface area contributed by atoms with E-state index in [0.717, 1.165) is 11.1 Å². The molecule has 0 spiro atoms. The molecule has 0 saturated carbocycles. The van der Waals surface area contributed by atoms with Crippen molar-refractivity contribution in [3.63, 3.8) is 0 Å². The average Bonchev–Trinajstić information content (AvgIpc) is 2.81. The molecule has 35 heavy (non-hydrogen) atoms. The van der Waals surface area contributed by atoms with E-state index in [2.05, 4.69) is 20.0 Å². The predicted molar refractivity (Wildman–Crippen MR) is 134 cm³/mol. The van der Waals surface area contributed by atoms with Gasteiger partial charge in [-0.2, -0.15) is 0 Å². The van der Waals surface area contributed by atoms with E-state index in [1.54, 1.807) is 67.8 Å². The van der Waals surface area contributed by atoms with Crippen LogP contribution in [0.1, 0.15) is 27.0 Å². The van der Waals surface area contributed by atoms with Crippen LogP contribution >= 0.6 is 0 Å². The highest BCUT2D eigenvalue weighted by Gasteiger charge is 2.19. The van der Waals surface area contributed by atoms with E-state index in [0.29, 0.717) is 22.7 Å². The third-order valence-electron chi connectivity index (χ3n) is 5.23. The first-order valence-corrected chi connectivity index (χ1v) is 12.3. The number of ether oxygens (including phenoxy) is 1. The van der Waals surface area contributed by atoms with Crippen LogP contribution in [0.5, 0.6) is 11.8 Å². The number of hydrogen-bond acceptors (Lipinski definition) is 6. The fraction of sp³-hybridized carbons (Fsp3) is 0.115. The molecule has 0 aliphatic carbocycles. The monoisotopic (exact) mass is 488 g/mol. The van der Waals surface area contributed by atoms with Crippen molar-refractivity contribution in [1.29, 1.82) is 0 Å². The van der Waals surface area contributed by atoms with Gasteiger partial charge in [0.2, 0.25) is 0 Å². The summed E-state index contributed by atoms with van der Waals surface area (Å²) in [6, 6.07) is 18.6. The normalized spacial score (nSPS) is 11.1. The Kier molecular flexibility index (Phi) is 6.79. The minimum atomic E-state index is -3.88. The minimum Gasteiger partial charge on any atom is -0.424 e. The van der Waals surface area contributed by atoms with E-state index in [1.807, 2.05) is 19.9 Å². The number of rotatable bonds is 7. The zero-order valence-corrected chi connectivity index (χ0v) is 20.3. The largest absolute Gasteiger partial charge is 0.424 e. The molecule has 0 radical (unpaired) electrons. The number of nitrogens with one attached hydrogen (secondary N) is 2. The number of nitrogens with zero attached hydrogens (tertiary/aromatic N) is 2. The number of sulfonamides is 1. The van der Waals surface area contributed by atoms with Crippen LogP contribution in [-0.2, 0) is 10.0 Å². The molecule has 4 aromatic rings. The maximum atomic E-state index is 13.1. The third kappa shape index (κ3) is 5.82. The molecule has 178 valence electrons. The number of amides is 1. The fourth-order valence-electron chi connectivity index (χ4n) is 3.41. The second-order valence-corrected chi connectivity index (χ2v) is 9.70. The van der Waals surface area contributed by atoms with Gasteiger partial charge in [0.05, 0.1) is 4.90 Å². The molecule has 1 heterocycles. The van der Waals surface area contributed by atoms with Crippen LogP contribution in [0.2, 0.25) is 0 Å². The van der Waals surface area contributed by atoms with Crippen LogP contribution in [0.25, 0.3) is 0 Å². The minimum absolute atomic E-state index is 0.00177. The van der Waals surface area contributed by atoms with Crippen LogP contribution < -0.4 is 14.8 Å². The molecule has 0 bridgehead atoms. The van der Waals surface area contributed by atoms with Gasteiger partial charge in [-0.1, -0.05) is 18.2 Å². The lowest BCUT2D eigenvalue weighted by Gasteiger charge is -2.14. The fourth-order valence-corrected chi connectivity index (χ4v) is 4.48. The first-order chi connectivity index (χ1) is 16.7. The van der Waals surface area contributed by atoms with Crippen molar-refractivity contribution >= 4 is 27.3 Å². The van der Waals surface area contributed by atoms with Crippen molar-refractivity contribution in [3.8, 4) is 11.8 Å². The Balaban J connectivity index is 1.53. The summed E-state index contributed by atoms with van der Waals surface area (Å²) in [6.45, 7) is 5.46. The van der Waals surface area contributed by atoms with E-state index in [-0.39, 0.29) is 16.5 Å². The van der Waals surface area contributed by atoms with E-state index >= 15 is 0 Å². The molecule has 4 rings (SSSR count). The molecule has 1 amide bonds. The second kappa shape index (κ2) is 9.94. The Hall–Kier alpha value is -4.24.